The van der Waals surface area contributed by atoms with Gasteiger partial charge in [0.15, 0.2) is 0 Å². The average Bonchev–Trinajstić information content (AvgIpc) is 3.38. The Balaban J connectivity index is 1.62. The molecule has 4 nitrogen and oxygen atoms in total. The number of thioether (sulfide) groups is 1. The number of ether oxygens (including phenoxy) is 2. The van der Waals surface area contributed by atoms with Gasteiger partial charge in [-0.25, -0.2) is 0 Å². The summed E-state index contributed by atoms with van der Waals surface area (Å²) in [7, 11) is 0. The summed E-state index contributed by atoms with van der Waals surface area (Å²) < 4.78 is 13.0. The van der Waals surface area contributed by atoms with Crippen molar-refractivity contribution in [3.05, 3.63) is 28.8 Å². The highest BCUT2D eigenvalue weighted by Crippen LogP contribution is 2.51. The fourth-order valence-electron chi connectivity index (χ4n) is 6.11. The van der Waals surface area contributed by atoms with Crippen molar-refractivity contribution in [1.82, 2.24) is 4.90 Å². The van der Waals surface area contributed by atoms with Crippen molar-refractivity contribution in [2.24, 2.45) is 11.3 Å². The highest BCUT2D eigenvalue weighted by molar-refractivity contribution is 8.00. The molecule has 0 amide bonds. The van der Waals surface area contributed by atoms with E-state index in [1.165, 1.54) is 61.7 Å². The first-order chi connectivity index (χ1) is 18.0. The summed E-state index contributed by atoms with van der Waals surface area (Å²) in [6.07, 6.45) is 9.67. The second kappa shape index (κ2) is 12.4. The molecular formula is C33H51NO3S. The molecule has 1 fully saturated rings. The Hall–Kier alpha value is -1.46. The van der Waals surface area contributed by atoms with E-state index in [4.69, 9.17) is 9.47 Å². The number of hydrogen-bond donors (Lipinski definition) is 0. The van der Waals surface area contributed by atoms with Crippen molar-refractivity contribution >= 4 is 23.3 Å². The van der Waals surface area contributed by atoms with E-state index in [2.05, 4.69) is 51.7 Å². The second-order valence-corrected chi connectivity index (χ2v) is 14.1. The molecule has 3 aliphatic heterocycles. The number of nitrogens with zero attached hydrogens (tertiary/aromatic N) is 1. The number of unbranched alkanes of at least 4 members (excludes halogenated alkanes) is 2. The molecule has 0 N–H and O–H groups in total. The van der Waals surface area contributed by atoms with Crippen molar-refractivity contribution in [3.8, 4) is 11.5 Å². The molecule has 0 spiro atoms. The quantitative estimate of drug-likeness (QED) is 0.160. The number of carbonyl (C=O) groups excluding carboxylic acids is 1. The van der Waals surface area contributed by atoms with E-state index in [1.807, 2.05) is 25.6 Å². The zero-order valence-electron chi connectivity index (χ0n) is 25.1. The summed E-state index contributed by atoms with van der Waals surface area (Å²) in [5.41, 5.74) is 3.99. The maximum absolute atomic E-state index is 13.7. The lowest BCUT2D eigenvalue weighted by molar-refractivity contribution is -0.144. The fourth-order valence-corrected chi connectivity index (χ4v) is 7.46. The van der Waals surface area contributed by atoms with Gasteiger partial charge in [-0.05, 0) is 107 Å². The first-order valence-corrected chi connectivity index (χ1v) is 16.3. The van der Waals surface area contributed by atoms with Crippen LogP contribution in [0.25, 0.3) is 5.57 Å². The Kier molecular flexibility index (Phi) is 9.61. The van der Waals surface area contributed by atoms with Crippen LogP contribution in [-0.4, -0.2) is 47.6 Å². The predicted octanol–water partition coefficient (Wildman–Crippen LogP) is 8.49. The lowest BCUT2D eigenvalue weighted by Crippen LogP contribution is -2.37. The van der Waals surface area contributed by atoms with Crippen LogP contribution in [0.4, 0.5) is 0 Å². The molecule has 1 aromatic rings. The maximum atomic E-state index is 13.7. The summed E-state index contributed by atoms with van der Waals surface area (Å²) in [5, 5.41) is 0. The van der Waals surface area contributed by atoms with Crippen LogP contribution in [0.3, 0.4) is 0 Å². The Labute approximate surface area is 236 Å². The molecule has 5 heteroatoms. The number of benzene rings is 1. The van der Waals surface area contributed by atoms with Crippen LogP contribution in [-0.2, 0) is 4.79 Å². The zero-order chi connectivity index (χ0) is 27.5. The minimum atomic E-state index is -0.546. The summed E-state index contributed by atoms with van der Waals surface area (Å²) in [6, 6.07) is 4.40. The highest BCUT2D eigenvalue weighted by atomic mass is 32.2. The third-order valence-corrected chi connectivity index (χ3v) is 10.2. The van der Waals surface area contributed by atoms with Gasteiger partial charge in [0, 0.05) is 11.5 Å². The van der Waals surface area contributed by atoms with E-state index in [0.717, 1.165) is 48.9 Å². The standard InChI is InChI=1S/C33H51NO3S/c1-8-9-11-14-23(2)24(3)25-19-28(30-26-21-38-22-27(26)33(6,7)37-29(30)20-25)36-31(35)32(4,5)15-18-34-16-12-10-13-17-34/h19-20,23-24H,8-18,21-22H2,1-7H3. The molecule has 3 aliphatic rings. The van der Waals surface area contributed by atoms with Crippen molar-refractivity contribution in [2.75, 3.05) is 31.1 Å². The molecule has 212 valence electrons. The molecule has 0 aromatic heterocycles. The number of esters is 1. The Morgan fingerprint density at radius 3 is 2.58 bits per heavy atom. The number of rotatable bonds is 11. The number of hydrogen-bond acceptors (Lipinski definition) is 5. The van der Waals surface area contributed by atoms with Gasteiger partial charge in [0.25, 0.3) is 0 Å². The van der Waals surface area contributed by atoms with Crippen LogP contribution in [0.2, 0.25) is 0 Å². The van der Waals surface area contributed by atoms with E-state index in [1.54, 1.807) is 0 Å². The van der Waals surface area contributed by atoms with Crippen LogP contribution < -0.4 is 9.47 Å². The summed E-state index contributed by atoms with van der Waals surface area (Å²) >= 11 is 1.93. The zero-order valence-corrected chi connectivity index (χ0v) is 25.9. The fraction of sp³-hybridized carbons (Fsp3) is 0.727. The predicted molar refractivity (Wildman–Crippen MR) is 161 cm³/mol. The van der Waals surface area contributed by atoms with Gasteiger partial charge < -0.3 is 14.4 Å². The van der Waals surface area contributed by atoms with Crippen LogP contribution >= 0.6 is 11.8 Å². The minimum Gasteiger partial charge on any atom is -0.483 e. The van der Waals surface area contributed by atoms with E-state index >= 15 is 0 Å². The first kappa shape index (κ1) is 29.5. The third kappa shape index (κ3) is 6.63. The van der Waals surface area contributed by atoms with Gasteiger partial charge in [-0.3, -0.25) is 4.79 Å². The first-order valence-electron chi connectivity index (χ1n) is 15.2. The molecule has 0 bridgehead atoms. The highest BCUT2D eigenvalue weighted by Gasteiger charge is 2.40. The number of fused-ring (bicyclic) bond motifs is 2. The molecule has 1 saturated heterocycles. The van der Waals surface area contributed by atoms with E-state index in [0.29, 0.717) is 17.6 Å². The van der Waals surface area contributed by atoms with Crippen molar-refractivity contribution in [3.63, 3.8) is 0 Å². The summed E-state index contributed by atoms with van der Waals surface area (Å²) in [5.74, 6) is 4.29. The van der Waals surface area contributed by atoms with Gasteiger partial charge in [0.05, 0.1) is 11.0 Å². The van der Waals surface area contributed by atoms with E-state index in [9.17, 15) is 4.79 Å². The molecule has 0 radical (unpaired) electrons. The number of piperidine rings is 1. The van der Waals surface area contributed by atoms with Gasteiger partial charge >= 0.3 is 5.97 Å². The van der Waals surface area contributed by atoms with Crippen LogP contribution in [0.5, 0.6) is 11.5 Å². The number of likely N-dealkylation sites (tertiary alicyclic amines) is 1. The molecule has 2 atom stereocenters. The monoisotopic (exact) mass is 541 g/mol. The van der Waals surface area contributed by atoms with Crippen molar-refractivity contribution in [1.29, 1.82) is 0 Å². The normalized spacial score (nSPS) is 20.9. The van der Waals surface area contributed by atoms with Crippen LogP contribution in [0.15, 0.2) is 17.7 Å². The van der Waals surface area contributed by atoms with Crippen LogP contribution in [0, 0.1) is 11.3 Å². The molecule has 0 saturated carbocycles. The lowest BCUT2D eigenvalue weighted by Gasteiger charge is -2.36. The van der Waals surface area contributed by atoms with Gasteiger partial charge in [0.1, 0.15) is 17.1 Å². The van der Waals surface area contributed by atoms with Gasteiger partial charge in [-0.2, -0.15) is 11.8 Å². The molecular weight excluding hydrogens is 490 g/mol. The molecule has 2 unspecified atom stereocenters. The van der Waals surface area contributed by atoms with E-state index in [-0.39, 0.29) is 11.6 Å². The number of carbonyl (C=O) groups is 1. The molecule has 38 heavy (non-hydrogen) atoms. The van der Waals surface area contributed by atoms with Gasteiger partial charge in [-0.1, -0.05) is 52.9 Å². The summed E-state index contributed by atoms with van der Waals surface area (Å²) in [4.78, 5) is 16.2. The molecule has 1 aromatic carbocycles. The SMILES string of the molecule is CCCCCC(C)C(C)c1cc(OC(=O)C(C)(C)CCN2CCCCC2)c2c(c1)OC(C)(C)C1=C2CSC1. The molecule has 4 rings (SSSR count). The maximum Gasteiger partial charge on any atom is 0.316 e. The van der Waals surface area contributed by atoms with Gasteiger partial charge in [0.2, 0.25) is 0 Å². The Morgan fingerprint density at radius 1 is 1.13 bits per heavy atom. The smallest absolute Gasteiger partial charge is 0.316 e. The third-order valence-electron chi connectivity index (χ3n) is 9.24. The largest absolute Gasteiger partial charge is 0.483 e. The Bertz CT molecular complexity index is 1020. The average molecular weight is 542 g/mol. The van der Waals surface area contributed by atoms with Crippen molar-refractivity contribution < 1.29 is 14.3 Å². The topological polar surface area (TPSA) is 38.8 Å². The van der Waals surface area contributed by atoms with E-state index < -0.39 is 5.41 Å². The van der Waals surface area contributed by atoms with Crippen molar-refractivity contribution in [2.45, 2.75) is 111 Å². The van der Waals surface area contributed by atoms with Crippen LogP contribution in [0.1, 0.15) is 117 Å². The molecule has 0 aliphatic carbocycles. The lowest BCUT2D eigenvalue weighted by atomic mass is 9.82. The minimum absolute atomic E-state index is 0.129. The second-order valence-electron chi connectivity index (χ2n) is 13.1. The summed E-state index contributed by atoms with van der Waals surface area (Å²) in [6.45, 7) is 18.6. The Morgan fingerprint density at radius 2 is 1.87 bits per heavy atom. The molecule has 3 heterocycles. The van der Waals surface area contributed by atoms with Gasteiger partial charge in [-0.15, -0.1) is 0 Å².